The van der Waals surface area contributed by atoms with Gasteiger partial charge in [0.15, 0.2) is 5.65 Å². The molecule has 0 spiro atoms. The molecule has 0 amide bonds. The van der Waals surface area contributed by atoms with Crippen LogP contribution in [0, 0.1) is 45.3 Å². The van der Waals surface area contributed by atoms with Crippen molar-refractivity contribution in [2.75, 3.05) is 85.3 Å². The Morgan fingerprint density at radius 2 is 0.969 bits per heavy atom. The lowest BCUT2D eigenvalue weighted by atomic mass is 9.78. The number of benzene rings is 7. The van der Waals surface area contributed by atoms with Crippen LogP contribution >= 0.6 is 15.9 Å². The van der Waals surface area contributed by atoms with Crippen LogP contribution in [0.4, 0.5) is 34.1 Å². The minimum Gasteiger partial charge on any atom is -0.399 e. The number of nitrogens with zero attached hydrogens (tertiary/aromatic N) is 9. The summed E-state index contributed by atoms with van der Waals surface area (Å²) >= 11 is 3.23. The van der Waals surface area contributed by atoms with Gasteiger partial charge in [-0.05, 0) is 182 Å². The molecule has 9 N–H and O–H groups in total. The summed E-state index contributed by atoms with van der Waals surface area (Å²) < 4.78 is 53.0. The molecular weight excluding hydrogens is 1300 g/mol. The van der Waals surface area contributed by atoms with Gasteiger partial charge in [0.05, 0.1) is 70.5 Å². The number of aromatic nitrogens is 4. The van der Waals surface area contributed by atoms with Crippen molar-refractivity contribution in [2.45, 2.75) is 43.8 Å². The molecule has 20 nitrogen and oxygen atoms in total. The molecule has 4 aromatic heterocycles. The average Bonchev–Trinajstić information content (AvgIpc) is 1.60. The fourth-order valence-corrected chi connectivity index (χ4v) is 13.2. The number of ether oxygens (including phenoxy) is 2. The molecule has 14 rings (SSSR count). The molecule has 3 aliphatic heterocycles. The van der Waals surface area contributed by atoms with Crippen molar-refractivity contribution >= 4 is 94.7 Å². The van der Waals surface area contributed by atoms with Crippen molar-refractivity contribution in [3.8, 4) is 69.0 Å². The van der Waals surface area contributed by atoms with E-state index in [1.807, 2.05) is 100 Å². The second-order valence-corrected chi connectivity index (χ2v) is 26.7. The summed E-state index contributed by atoms with van der Waals surface area (Å²) in [6.45, 7) is 14.3. The normalized spacial score (nSPS) is 14.7. The monoisotopic (exact) mass is 1370 g/mol. The van der Waals surface area contributed by atoms with Crippen molar-refractivity contribution in [1.82, 2.24) is 18.9 Å². The predicted molar refractivity (Wildman–Crippen MR) is 385 cm³/mol. The maximum Gasteiger partial charge on any atom is 0.494 e. The number of fused-ring (bicyclic) bond motifs is 2. The number of hydrogen-bond donors (Lipinski definition) is 5. The smallest absolute Gasteiger partial charge is 0.399 e. The Kier molecular flexibility index (Phi) is 20.1. The number of nitrogen functional groups attached to an aromatic ring is 4. The van der Waals surface area contributed by atoms with Crippen molar-refractivity contribution in [3.63, 3.8) is 0 Å². The quantitative estimate of drug-likeness (QED) is 0.0662. The number of halogens is 1. The highest BCUT2D eigenvalue weighted by molar-refractivity contribution is 9.10. The molecule has 3 saturated heterocycles. The summed E-state index contributed by atoms with van der Waals surface area (Å²) in [5.41, 5.74) is 36.9. The van der Waals surface area contributed by atoms with Crippen LogP contribution < -0.4 is 38.2 Å². The summed E-state index contributed by atoms with van der Waals surface area (Å²) in [6.07, 6.45) is 3.37. The Balaban J connectivity index is 0.000000145. The first kappa shape index (κ1) is 67.4. The van der Waals surface area contributed by atoms with Gasteiger partial charge in [0.25, 0.3) is 10.0 Å². The molecule has 0 radical (unpaired) electrons. The van der Waals surface area contributed by atoms with E-state index >= 15 is 0 Å². The zero-order chi connectivity index (χ0) is 68.6. The van der Waals surface area contributed by atoms with Crippen LogP contribution in [0.3, 0.4) is 0 Å². The number of hydrogen-bond acceptors (Lipinski definition) is 18. The topological polar surface area (TPSA) is 323 Å². The van der Waals surface area contributed by atoms with Gasteiger partial charge in [-0.25, -0.2) is 22.4 Å². The predicted octanol–water partition coefficient (Wildman–Crippen LogP) is 12.4. The van der Waals surface area contributed by atoms with Gasteiger partial charge >= 0.3 is 7.12 Å². The molecule has 0 aliphatic carbocycles. The lowest BCUT2D eigenvalue weighted by Crippen LogP contribution is -2.41. The van der Waals surface area contributed by atoms with Gasteiger partial charge in [0, 0.05) is 93.6 Å². The number of pyridine rings is 2. The van der Waals surface area contributed by atoms with Crippen molar-refractivity contribution in [1.29, 1.82) is 21.0 Å². The first-order valence-corrected chi connectivity index (χ1v) is 33.3. The third-order valence-electron chi connectivity index (χ3n) is 17.4. The van der Waals surface area contributed by atoms with E-state index in [0.717, 1.165) is 105 Å². The van der Waals surface area contributed by atoms with E-state index in [2.05, 4.69) is 89.2 Å². The number of nitrogens with one attached hydrogen (secondary N) is 1. The molecule has 0 saturated carbocycles. The Morgan fingerprint density at radius 3 is 1.48 bits per heavy atom. The summed E-state index contributed by atoms with van der Waals surface area (Å²) in [7, 11) is -4.45. The molecule has 3 aliphatic rings. The van der Waals surface area contributed by atoms with Crippen LogP contribution in [0.25, 0.3) is 66.8 Å². The number of rotatable bonds is 9. The Labute approximate surface area is 571 Å². The van der Waals surface area contributed by atoms with Gasteiger partial charge in [-0.1, -0.05) is 76.6 Å². The van der Waals surface area contributed by atoms with Crippen molar-refractivity contribution in [2.24, 2.45) is 0 Å². The molecule has 7 aromatic carbocycles. The van der Waals surface area contributed by atoms with Crippen LogP contribution in [0.15, 0.2) is 198 Å². The molecule has 23 heteroatoms. The number of nitrogens with two attached hydrogens (primary N) is 4. The Bertz CT molecular complexity index is 4990. The number of H-pyrrole nitrogens is 1. The Morgan fingerprint density at radius 1 is 0.515 bits per heavy atom. The molecule has 97 heavy (non-hydrogen) atoms. The molecular formula is C74H68BBrN14O6S. The summed E-state index contributed by atoms with van der Waals surface area (Å²) in [5, 5.41) is 38.0. The molecule has 3 fully saturated rings. The third-order valence-corrected chi connectivity index (χ3v) is 19.6. The van der Waals surface area contributed by atoms with Crippen molar-refractivity contribution < 1.29 is 27.2 Å². The van der Waals surface area contributed by atoms with Crippen molar-refractivity contribution in [3.05, 3.63) is 215 Å². The maximum absolute atomic E-state index is 14.1. The van der Waals surface area contributed by atoms with E-state index in [1.165, 1.54) is 9.66 Å². The van der Waals surface area contributed by atoms with E-state index in [1.54, 1.807) is 91.3 Å². The third kappa shape index (κ3) is 14.6. The summed E-state index contributed by atoms with van der Waals surface area (Å²) in [5.74, 6) is 0. The van der Waals surface area contributed by atoms with Crippen LogP contribution in [-0.4, -0.2) is 98.3 Å². The highest BCUT2D eigenvalue weighted by Crippen LogP contribution is 2.40. The lowest BCUT2D eigenvalue weighted by Gasteiger charge is -2.32. The molecule has 486 valence electrons. The Hall–Kier alpha value is -11.0. The van der Waals surface area contributed by atoms with Crippen LogP contribution in [0.1, 0.15) is 49.9 Å². The number of morpholine rings is 2. The van der Waals surface area contributed by atoms with E-state index in [-0.39, 0.29) is 16.1 Å². The summed E-state index contributed by atoms with van der Waals surface area (Å²) in [6, 6.07) is 62.1. The maximum atomic E-state index is 14.1. The number of nitriles is 4. The van der Waals surface area contributed by atoms with E-state index in [0.29, 0.717) is 74.9 Å². The first-order chi connectivity index (χ1) is 46.7. The van der Waals surface area contributed by atoms with E-state index < -0.39 is 17.1 Å². The zero-order valence-electron chi connectivity index (χ0n) is 53.7. The average molecular weight is 1370 g/mol. The van der Waals surface area contributed by atoms with Crippen LogP contribution in [0.2, 0.25) is 0 Å². The fourth-order valence-electron chi connectivity index (χ4n) is 11.3. The van der Waals surface area contributed by atoms with Gasteiger partial charge in [-0.15, -0.1) is 0 Å². The second kappa shape index (κ2) is 28.9. The van der Waals surface area contributed by atoms with Gasteiger partial charge in [-0.3, -0.25) is 0 Å². The molecule has 0 atom stereocenters. The summed E-state index contributed by atoms with van der Waals surface area (Å²) in [4.78, 5) is 17.2. The number of aromatic amines is 1. The lowest BCUT2D eigenvalue weighted by molar-refractivity contribution is 0.00578. The molecule has 0 bridgehead atoms. The SMILES string of the molecule is CC1(C)OB(c2ccc(N)c(C#N)c2)OC1(C)C.N#Cc1cc(-c2ccnc3[nH]c(-c4ccc(N5CCOCC5)cc4)cc23)ccc1N.N#Cc1cc(-c2ccnc3c2cc(-c2ccc(N4CCOCC4)cc2)n3S(=O)(=O)c2ccccc2)ccc1N.N#Cc1cc(Br)ccc1N. The van der Waals surface area contributed by atoms with Crippen LogP contribution in [-0.2, 0) is 28.8 Å². The first-order valence-electron chi connectivity index (χ1n) is 31.1. The fraction of sp³-hybridized carbons (Fsp3) is 0.189. The minimum atomic E-state index is -4.00. The second-order valence-electron chi connectivity index (χ2n) is 24.0. The highest BCUT2D eigenvalue weighted by atomic mass is 79.9. The van der Waals surface area contributed by atoms with Gasteiger partial charge < -0.3 is 56.5 Å². The molecule has 11 aromatic rings. The number of anilines is 6. The van der Waals surface area contributed by atoms with Gasteiger partial charge in [0.1, 0.15) is 29.9 Å². The van der Waals surface area contributed by atoms with Gasteiger partial charge in [-0.2, -0.15) is 21.0 Å². The van der Waals surface area contributed by atoms with Crippen LogP contribution in [0.5, 0.6) is 0 Å². The zero-order valence-corrected chi connectivity index (χ0v) is 56.1. The standard InChI is InChI=1S/C30H25N5O3S.C24H21N5O.C13H17BN2O2.C7H5BrN2/c31-20-23-18-22(8-11-28(23)32)26-12-13-33-30-27(26)19-29(35(30)39(36,37)25-4-2-1-3-5-25)21-6-9-24(10-7-21)34-14-16-38-17-15-34;25-15-18-13-17(3-6-22(18)26)20-7-8-27-24-21(20)14-23(28-24)16-1-4-19(5-2-16)29-9-11-30-12-10-29;1-12(2)13(3,4)18-14(17-12)10-5-6-11(16)9(7-10)8-15;8-6-1-2-7(10)5(3-6)4-9/h1-13,18-19H,14-17,32H2;1-8,13-14H,9-12,26H2,(H,27,28);5-7H,16H2,1-4H3;1-3H,10H2. The highest BCUT2D eigenvalue weighted by Gasteiger charge is 2.51. The van der Waals surface area contributed by atoms with E-state index in [4.69, 9.17) is 52.2 Å². The molecule has 7 heterocycles. The largest absolute Gasteiger partial charge is 0.494 e. The van der Waals surface area contributed by atoms with Gasteiger partial charge in [0.2, 0.25) is 0 Å². The minimum absolute atomic E-state index is 0.167. The van der Waals surface area contributed by atoms with E-state index in [9.17, 15) is 18.9 Å². The molecule has 0 unspecified atom stereocenters.